The van der Waals surface area contributed by atoms with Gasteiger partial charge in [0.15, 0.2) is 5.78 Å². The van der Waals surface area contributed by atoms with Crippen LogP contribution in [0.1, 0.15) is 162 Å². The van der Waals surface area contributed by atoms with E-state index in [1.807, 2.05) is 12.2 Å². The fraction of sp³-hybridized carbons (Fsp3) is 0.725. The number of hydrogen-bond acceptors (Lipinski definition) is 6. The lowest BCUT2D eigenvalue weighted by molar-refractivity contribution is -0.152. The molecule has 0 fully saturated rings. The van der Waals surface area contributed by atoms with Crippen LogP contribution in [0.3, 0.4) is 0 Å². The zero-order valence-electron chi connectivity index (χ0n) is 29.7. The molecule has 0 aliphatic carbocycles. The molecule has 0 aliphatic rings. The number of unbranched alkanes of at least 4 members (excludes halogenated alkanes) is 12. The first-order valence-electron chi connectivity index (χ1n) is 18.5. The topological polar surface area (TPSA) is 89.9 Å². The molecule has 0 heterocycles. The Bertz CT molecular complexity index is 856. The van der Waals surface area contributed by atoms with Crippen molar-refractivity contribution in [3.8, 4) is 0 Å². The summed E-state index contributed by atoms with van der Waals surface area (Å²) in [5, 5.41) is 9.97. The number of carbonyl (C=O) groups is 3. The van der Waals surface area contributed by atoms with Gasteiger partial charge in [-0.3, -0.25) is 14.4 Å². The maximum Gasteiger partial charge on any atom is 0.305 e. The Morgan fingerprint density at radius 3 is 1.76 bits per heavy atom. The minimum absolute atomic E-state index is 0.0496. The maximum atomic E-state index is 12.0. The summed E-state index contributed by atoms with van der Waals surface area (Å²) < 4.78 is 10.2. The predicted octanol–water partition coefficient (Wildman–Crippen LogP) is 10.5. The first kappa shape index (κ1) is 43.5. The zero-order valence-corrected chi connectivity index (χ0v) is 29.7. The van der Waals surface area contributed by atoms with Gasteiger partial charge in [0.1, 0.15) is 19.3 Å². The Balaban J connectivity index is 3.67. The lowest BCUT2D eigenvalue weighted by Crippen LogP contribution is -2.25. The van der Waals surface area contributed by atoms with Crippen molar-refractivity contribution in [1.82, 2.24) is 0 Å². The van der Waals surface area contributed by atoms with Gasteiger partial charge in [-0.2, -0.15) is 0 Å². The van der Waals surface area contributed by atoms with Gasteiger partial charge in [0.2, 0.25) is 0 Å². The lowest BCUT2D eigenvalue weighted by atomic mass is 9.99. The van der Waals surface area contributed by atoms with E-state index in [0.717, 1.165) is 44.4 Å². The van der Waals surface area contributed by atoms with Crippen molar-refractivity contribution in [1.29, 1.82) is 0 Å². The third kappa shape index (κ3) is 32.9. The summed E-state index contributed by atoms with van der Waals surface area (Å²) in [6.07, 6.45) is 37.3. The second kappa shape index (κ2) is 33.9. The molecule has 0 spiro atoms. The maximum absolute atomic E-state index is 12.0. The van der Waals surface area contributed by atoms with Crippen molar-refractivity contribution in [3.05, 3.63) is 48.6 Å². The first-order chi connectivity index (χ1) is 22.4. The summed E-state index contributed by atoms with van der Waals surface area (Å²) in [6.45, 7) is 6.40. The third-order valence-electron chi connectivity index (χ3n) is 8.08. The molecule has 264 valence electrons. The minimum Gasteiger partial charge on any atom is -0.463 e. The molecule has 0 bridgehead atoms. The van der Waals surface area contributed by atoms with Gasteiger partial charge in [-0.1, -0.05) is 147 Å². The highest BCUT2D eigenvalue weighted by molar-refractivity contribution is 5.90. The molecule has 0 aromatic carbocycles. The Hall–Kier alpha value is -2.47. The smallest absolute Gasteiger partial charge is 0.305 e. The third-order valence-corrected chi connectivity index (χ3v) is 8.08. The molecule has 0 saturated heterocycles. The van der Waals surface area contributed by atoms with Crippen molar-refractivity contribution in [2.24, 2.45) is 5.92 Å². The molecule has 0 radical (unpaired) electrons. The van der Waals surface area contributed by atoms with Gasteiger partial charge in [0.25, 0.3) is 0 Å². The van der Waals surface area contributed by atoms with Crippen LogP contribution in [0.15, 0.2) is 48.6 Å². The number of aliphatic hydroxyl groups excluding tert-OH is 1. The molecular weight excluding hydrogens is 576 g/mol. The molecule has 1 N–H and O–H groups in total. The van der Waals surface area contributed by atoms with Crippen LogP contribution < -0.4 is 0 Å². The molecule has 6 nitrogen and oxygen atoms in total. The van der Waals surface area contributed by atoms with Crippen LogP contribution >= 0.6 is 0 Å². The number of rotatable bonds is 32. The number of ether oxygens (including phenoxy) is 2. The Labute approximate surface area is 282 Å². The van der Waals surface area contributed by atoms with Gasteiger partial charge in [0, 0.05) is 19.3 Å². The van der Waals surface area contributed by atoms with Gasteiger partial charge < -0.3 is 14.6 Å². The highest BCUT2D eigenvalue weighted by Gasteiger charge is 2.12. The van der Waals surface area contributed by atoms with E-state index in [2.05, 4.69) is 45.1 Å². The van der Waals surface area contributed by atoms with Crippen molar-refractivity contribution < 1.29 is 29.0 Å². The number of carbonyl (C=O) groups excluding carboxylic acids is 3. The van der Waals surface area contributed by atoms with E-state index in [4.69, 9.17) is 9.47 Å². The summed E-state index contributed by atoms with van der Waals surface area (Å²) in [6, 6.07) is 0. The van der Waals surface area contributed by atoms with E-state index in [-0.39, 0.29) is 37.8 Å². The Morgan fingerprint density at radius 2 is 1.15 bits per heavy atom. The second-order valence-electron chi connectivity index (χ2n) is 12.6. The molecule has 0 aromatic heterocycles. The van der Waals surface area contributed by atoms with Crippen LogP contribution in [0, 0.1) is 5.92 Å². The van der Waals surface area contributed by atoms with E-state index >= 15 is 0 Å². The van der Waals surface area contributed by atoms with Crippen LogP contribution in [0.25, 0.3) is 0 Å². The number of hydrogen-bond donors (Lipinski definition) is 1. The monoisotopic (exact) mass is 645 g/mol. The lowest BCUT2D eigenvalue weighted by Gasteiger charge is -2.12. The average Bonchev–Trinajstić information content (AvgIpc) is 3.05. The quantitative estimate of drug-likeness (QED) is 0.0258. The summed E-state index contributed by atoms with van der Waals surface area (Å²) in [7, 11) is 0. The van der Waals surface area contributed by atoms with E-state index in [9.17, 15) is 19.5 Å². The summed E-state index contributed by atoms with van der Waals surface area (Å²) >= 11 is 0. The van der Waals surface area contributed by atoms with E-state index in [1.165, 1.54) is 83.1 Å². The summed E-state index contributed by atoms with van der Waals surface area (Å²) in [5.74, 6) is 0.00373. The zero-order chi connectivity index (χ0) is 33.9. The van der Waals surface area contributed by atoms with Gasteiger partial charge in [-0.05, 0) is 50.5 Å². The summed E-state index contributed by atoms with van der Waals surface area (Å²) in [4.78, 5) is 35.8. The number of esters is 2. The first-order valence-corrected chi connectivity index (χ1v) is 18.5. The van der Waals surface area contributed by atoms with Crippen LogP contribution in [-0.4, -0.2) is 42.1 Å². The molecule has 46 heavy (non-hydrogen) atoms. The predicted molar refractivity (Wildman–Crippen MR) is 192 cm³/mol. The van der Waals surface area contributed by atoms with Gasteiger partial charge in [-0.15, -0.1) is 0 Å². The fourth-order valence-corrected chi connectivity index (χ4v) is 4.84. The molecule has 1 unspecified atom stereocenters. The SMILES string of the molecule is CCCCC/C=C\C/C=C\C/C=C\C=C\C(=O)CCCC(=O)OC[C@H](O)COC(=O)CCCCCCCCCCCCC(C)CC. The van der Waals surface area contributed by atoms with Crippen molar-refractivity contribution >= 4 is 17.7 Å². The fourth-order valence-electron chi connectivity index (χ4n) is 4.84. The molecule has 0 amide bonds. The van der Waals surface area contributed by atoms with Crippen LogP contribution in [-0.2, 0) is 23.9 Å². The van der Waals surface area contributed by atoms with Crippen LogP contribution in [0.4, 0.5) is 0 Å². The van der Waals surface area contributed by atoms with E-state index < -0.39 is 12.1 Å². The average molecular weight is 645 g/mol. The molecule has 0 aromatic rings. The van der Waals surface area contributed by atoms with E-state index in [0.29, 0.717) is 12.8 Å². The normalized spacial score (nSPS) is 13.3. The number of ketones is 1. The minimum atomic E-state index is -1.05. The summed E-state index contributed by atoms with van der Waals surface area (Å²) in [5.41, 5.74) is 0. The molecule has 6 heteroatoms. The van der Waals surface area contributed by atoms with Gasteiger partial charge in [-0.25, -0.2) is 0 Å². The van der Waals surface area contributed by atoms with Crippen molar-refractivity contribution in [3.63, 3.8) is 0 Å². The largest absolute Gasteiger partial charge is 0.463 e. The Morgan fingerprint density at radius 1 is 0.609 bits per heavy atom. The van der Waals surface area contributed by atoms with Crippen molar-refractivity contribution in [2.45, 2.75) is 168 Å². The molecule has 0 aliphatic heterocycles. The molecule has 0 rings (SSSR count). The Kier molecular flexibility index (Phi) is 32.1. The van der Waals surface area contributed by atoms with Crippen LogP contribution in [0.5, 0.6) is 0 Å². The second-order valence-corrected chi connectivity index (χ2v) is 12.6. The highest BCUT2D eigenvalue weighted by Crippen LogP contribution is 2.15. The molecule has 2 atom stereocenters. The van der Waals surface area contributed by atoms with E-state index in [1.54, 1.807) is 6.08 Å². The van der Waals surface area contributed by atoms with Gasteiger partial charge in [0.05, 0.1) is 0 Å². The number of aliphatic hydroxyl groups is 1. The molecular formula is C40H68O6. The van der Waals surface area contributed by atoms with Gasteiger partial charge >= 0.3 is 11.9 Å². The van der Waals surface area contributed by atoms with Crippen molar-refractivity contribution in [2.75, 3.05) is 13.2 Å². The standard InChI is InChI=1S/C40H68O6/c1-4-6-7-8-9-10-11-12-13-17-20-23-26-30-37(41)31-28-33-40(44)46-35-38(42)34-45-39(43)32-27-24-21-18-15-14-16-19-22-25-29-36(3)5-2/h9-10,12-13,20,23,26,30,36,38,42H,4-8,11,14-19,21-22,24-25,27-29,31-35H2,1-3H3/b10-9-,13-12-,23-20-,30-26+/t36?,38-/m1/s1. The molecule has 0 saturated carbocycles. The highest BCUT2D eigenvalue weighted by atomic mass is 16.6. The number of allylic oxidation sites excluding steroid dienone is 8. The van der Waals surface area contributed by atoms with Crippen LogP contribution in [0.2, 0.25) is 0 Å².